The van der Waals surface area contributed by atoms with Crippen LogP contribution in [0.3, 0.4) is 0 Å². The second kappa shape index (κ2) is 11.8. The first-order valence-electron chi connectivity index (χ1n) is 11.3. The minimum atomic E-state index is -0.226. The molecule has 5 nitrogen and oxygen atoms in total. The van der Waals surface area contributed by atoms with E-state index in [0.717, 1.165) is 6.42 Å². The molecule has 0 bridgehead atoms. The third-order valence-corrected chi connectivity index (χ3v) is 9.17. The van der Waals surface area contributed by atoms with Gasteiger partial charge in [-0.25, -0.2) is 10.9 Å². The number of carbonyl (C=O) groups excluding carboxylic acids is 1. The number of ether oxygens (including phenoxy) is 1. The summed E-state index contributed by atoms with van der Waals surface area (Å²) in [4.78, 5) is 18.5. The van der Waals surface area contributed by atoms with Crippen LogP contribution in [0.25, 0.3) is 0 Å². The summed E-state index contributed by atoms with van der Waals surface area (Å²) in [5.41, 5.74) is 0.940. The maximum Gasteiger partial charge on any atom is 0.169 e. The number of benzene rings is 1. The summed E-state index contributed by atoms with van der Waals surface area (Å²) in [6.07, 6.45) is 6.15. The monoisotopic (exact) mass is 467 g/mol. The van der Waals surface area contributed by atoms with Crippen LogP contribution >= 0.6 is 22.5 Å². The van der Waals surface area contributed by atoms with Crippen LogP contribution in [0.5, 0.6) is 5.75 Å². The van der Waals surface area contributed by atoms with Crippen LogP contribution in [0.1, 0.15) is 58.8 Å². The van der Waals surface area contributed by atoms with Gasteiger partial charge >= 0.3 is 0 Å². The Balaban J connectivity index is 1.62. The number of allylic oxidation sites excluding steroid dienone is 2. The second-order valence-corrected chi connectivity index (χ2v) is 11.6. The first-order valence-corrected chi connectivity index (χ1v) is 13.4. The van der Waals surface area contributed by atoms with Crippen LogP contribution in [0.15, 0.2) is 40.8 Å². The van der Waals surface area contributed by atoms with Crippen LogP contribution in [0.4, 0.5) is 0 Å². The van der Waals surface area contributed by atoms with Gasteiger partial charge in [-0.05, 0) is 62.0 Å². The fourth-order valence-electron chi connectivity index (χ4n) is 4.20. The molecule has 1 aromatic rings. The van der Waals surface area contributed by atoms with Crippen molar-refractivity contribution in [3.05, 3.63) is 40.6 Å². The van der Waals surface area contributed by atoms with Gasteiger partial charge in [0.05, 0.1) is 11.3 Å². The minimum Gasteiger partial charge on any atom is -0.511 e. The second-order valence-electron chi connectivity index (χ2n) is 8.37. The zero-order valence-electron chi connectivity index (χ0n) is 18.5. The lowest BCUT2D eigenvalue weighted by molar-refractivity contribution is -0.115. The van der Waals surface area contributed by atoms with E-state index < -0.39 is 0 Å². The Bertz CT molecular complexity index is 802. The third-order valence-electron chi connectivity index (χ3n) is 5.73. The maximum absolute atomic E-state index is 13.0. The molecule has 1 fully saturated rings. The van der Waals surface area contributed by atoms with Gasteiger partial charge in [0.1, 0.15) is 17.6 Å². The fourth-order valence-corrected chi connectivity index (χ4v) is 7.39. The highest BCUT2D eigenvalue weighted by atomic mass is 35.5. The summed E-state index contributed by atoms with van der Waals surface area (Å²) in [6.45, 7) is 4.16. The number of aliphatic hydroxyl groups excluding tert-OH is 1. The molecule has 1 N–H and O–H groups in total. The molecule has 0 aromatic heterocycles. The molecule has 1 aromatic carbocycles. The lowest BCUT2D eigenvalue weighted by Crippen LogP contribution is -2.29. The van der Waals surface area contributed by atoms with Crippen molar-refractivity contribution in [3.8, 4) is 5.75 Å². The number of oxime groups is 1. The van der Waals surface area contributed by atoms with E-state index in [0.29, 0.717) is 46.6 Å². The molecule has 2 unspecified atom stereocenters. The molecule has 0 spiro atoms. The molecule has 172 valence electrons. The van der Waals surface area contributed by atoms with Gasteiger partial charge in [0.25, 0.3) is 0 Å². The molecule has 1 saturated heterocycles. The molecule has 0 saturated carbocycles. The molecule has 1 aliphatic carbocycles. The Labute approximate surface area is 193 Å². The van der Waals surface area contributed by atoms with Crippen LogP contribution in [-0.4, -0.2) is 46.1 Å². The summed E-state index contributed by atoms with van der Waals surface area (Å²) in [5.74, 6) is 3.40. The van der Waals surface area contributed by atoms with Gasteiger partial charge < -0.3 is 14.7 Å². The molecule has 7 heteroatoms. The smallest absolute Gasteiger partial charge is 0.169 e. The van der Waals surface area contributed by atoms with Crippen molar-refractivity contribution < 1.29 is 19.5 Å². The zero-order valence-corrected chi connectivity index (χ0v) is 20.1. The molecular formula is C24H34ClNO4S. The molecule has 1 heterocycles. The van der Waals surface area contributed by atoms with E-state index in [1.165, 1.54) is 30.8 Å². The summed E-state index contributed by atoms with van der Waals surface area (Å²) >= 11 is 5.90. The molecule has 31 heavy (non-hydrogen) atoms. The van der Waals surface area contributed by atoms with Gasteiger partial charge in [-0.1, -0.05) is 36.5 Å². The van der Waals surface area contributed by atoms with E-state index in [2.05, 4.69) is 5.16 Å². The van der Waals surface area contributed by atoms with E-state index in [1.54, 1.807) is 24.3 Å². The van der Waals surface area contributed by atoms with Crippen molar-refractivity contribution in [2.45, 2.75) is 70.1 Å². The van der Waals surface area contributed by atoms with Crippen molar-refractivity contribution in [2.24, 2.45) is 5.16 Å². The van der Waals surface area contributed by atoms with Crippen molar-refractivity contribution >= 4 is 34.0 Å². The predicted molar refractivity (Wildman–Crippen MR) is 130 cm³/mol. The molecule has 0 radical (unpaired) electrons. The lowest BCUT2D eigenvalue weighted by Gasteiger charge is -2.36. The Kier molecular flexibility index (Phi) is 9.15. The van der Waals surface area contributed by atoms with Gasteiger partial charge in [-0.2, -0.15) is 0 Å². The van der Waals surface area contributed by atoms with E-state index in [9.17, 15) is 9.90 Å². The van der Waals surface area contributed by atoms with E-state index in [4.69, 9.17) is 21.2 Å². The number of rotatable bonds is 9. The number of hydrogen-bond donors (Lipinski definition) is 2. The topological polar surface area (TPSA) is 68.1 Å². The number of nitrogens with zero attached hydrogens (tertiary/aromatic N) is 1. The highest BCUT2D eigenvalue weighted by molar-refractivity contribution is 8.17. The Morgan fingerprint density at radius 1 is 1.23 bits per heavy atom. The number of halogens is 1. The first-order chi connectivity index (χ1) is 15.0. The van der Waals surface area contributed by atoms with Gasteiger partial charge in [0, 0.05) is 23.1 Å². The Hall–Kier alpha value is -1.66. The number of ketones is 1. The standard InChI is InChI=1S/C24H34ClNO4S/c1-3-7-21(26-29-16-17(2)30-19-10-8-18(25)9-11-19)24-22(27)14-20(15-23(24)28)31-12-5-4-6-13-31/h8-11,17,20,27,31H,3-7,12-16H2,1-2H3. The van der Waals surface area contributed by atoms with Gasteiger partial charge in [-0.15, -0.1) is 0 Å². The lowest BCUT2D eigenvalue weighted by atomic mass is 9.91. The molecule has 0 amide bonds. The first kappa shape index (κ1) is 24.0. The average Bonchev–Trinajstić information content (AvgIpc) is 2.75. The summed E-state index contributed by atoms with van der Waals surface area (Å²) in [5, 5.41) is 16.0. The molecular weight excluding hydrogens is 434 g/mol. The number of aliphatic hydroxyl groups is 1. The van der Waals surface area contributed by atoms with Crippen molar-refractivity contribution in [3.63, 3.8) is 0 Å². The number of thiol groups is 1. The van der Waals surface area contributed by atoms with Crippen LogP contribution < -0.4 is 4.74 Å². The van der Waals surface area contributed by atoms with E-state index in [1.807, 2.05) is 13.8 Å². The van der Waals surface area contributed by atoms with Crippen LogP contribution in [-0.2, 0) is 9.63 Å². The highest BCUT2D eigenvalue weighted by Gasteiger charge is 2.33. The third kappa shape index (κ3) is 6.91. The average molecular weight is 468 g/mol. The normalized spacial score (nSPS) is 22.4. The maximum atomic E-state index is 13.0. The van der Waals surface area contributed by atoms with E-state index in [-0.39, 0.29) is 35.1 Å². The predicted octanol–water partition coefficient (Wildman–Crippen LogP) is 6.01. The molecule has 1 aliphatic heterocycles. The zero-order chi connectivity index (χ0) is 22.2. The number of carbonyl (C=O) groups is 1. The summed E-state index contributed by atoms with van der Waals surface area (Å²) < 4.78 is 5.80. The fraction of sp³-hybridized carbons (Fsp3) is 0.583. The van der Waals surface area contributed by atoms with Crippen LogP contribution in [0, 0.1) is 0 Å². The highest BCUT2D eigenvalue weighted by Crippen LogP contribution is 2.44. The number of hydrogen-bond acceptors (Lipinski definition) is 5. The Morgan fingerprint density at radius 3 is 2.58 bits per heavy atom. The van der Waals surface area contributed by atoms with Gasteiger partial charge in [0.2, 0.25) is 0 Å². The quantitative estimate of drug-likeness (QED) is 0.265. The largest absolute Gasteiger partial charge is 0.511 e. The summed E-state index contributed by atoms with van der Waals surface area (Å²) in [6, 6.07) is 7.15. The summed E-state index contributed by atoms with van der Waals surface area (Å²) in [7, 11) is -0.146. The molecule has 2 aliphatic rings. The Morgan fingerprint density at radius 2 is 1.94 bits per heavy atom. The molecule has 2 atom stereocenters. The van der Waals surface area contributed by atoms with E-state index >= 15 is 0 Å². The van der Waals surface area contributed by atoms with Gasteiger partial charge in [-0.3, -0.25) is 4.79 Å². The SMILES string of the molecule is CCCC(=NOCC(C)Oc1ccc(Cl)cc1)C1=C(O)CC([SH]2CCCCC2)CC1=O. The van der Waals surface area contributed by atoms with Crippen molar-refractivity contribution in [1.82, 2.24) is 0 Å². The van der Waals surface area contributed by atoms with Crippen molar-refractivity contribution in [1.29, 1.82) is 0 Å². The number of Topliss-reactive ketones (excluding diaryl/α,β-unsaturated/α-hetero) is 1. The van der Waals surface area contributed by atoms with Gasteiger partial charge in [0.15, 0.2) is 12.4 Å². The van der Waals surface area contributed by atoms with Crippen LogP contribution in [0.2, 0.25) is 5.02 Å². The minimum absolute atomic E-state index is 0.0167. The van der Waals surface area contributed by atoms with Crippen molar-refractivity contribution in [2.75, 3.05) is 18.1 Å². The molecule has 3 rings (SSSR count).